The SMILES string of the molecule is COc1ccc(-c2noc(CCN3C(=O)[C@H]4CC=CC[C@H]4C3=O)n2)cc1. The minimum atomic E-state index is -0.204. The van der Waals surface area contributed by atoms with E-state index >= 15 is 0 Å². The molecule has 1 aromatic carbocycles. The fourth-order valence-electron chi connectivity index (χ4n) is 3.51. The van der Waals surface area contributed by atoms with E-state index in [1.807, 2.05) is 36.4 Å². The Morgan fingerprint density at radius 1 is 1.12 bits per heavy atom. The number of carbonyl (C=O) groups is 2. The molecular formula is C19H19N3O4. The number of ether oxygens (including phenoxy) is 1. The number of benzene rings is 1. The van der Waals surface area contributed by atoms with Crippen molar-refractivity contribution >= 4 is 11.8 Å². The van der Waals surface area contributed by atoms with Crippen LogP contribution in [0.15, 0.2) is 40.9 Å². The molecule has 1 aliphatic heterocycles. The van der Waals surface area contributed by atoms with Crippen LogP contribution >= 0.6 is 0 Å². The van der Waals surface area contributed by atoms with Crippen LogP contribution in [0.1, 0.15) is 18.7 Å². The zero-order chi connectivity index (χ0) is 18.1. The number of carbonyl (C=O) groups excluding carboxylic acids is 2. The number of nitrogens with zero attached hydrogens (tertiary/aromatic N) is 3. The van der Waals surface area contributed by atoms with Gasteiger partial charge in [-0.25, -0.2) is 0 Å². The van der Waals surface area contributed by atoms with E-state index in [-0.39, 0.29) is 30.2 Å². The molecule has 7 heteroatoms. The van der Waals surface area contributed by atoms with Gasteiger partial charge in [-0.1, -0.05) is 17.3 Å². The predicted molar refractivity (Wildman–Crippen MR) is 92.1 cm³/mol. The van der Waals surface area contributed by atoms with Crippen LogP contribution in [0.25, 0.3) is 11.4 Å². The lowest BCUT2D eigenvalue weighted by molar-refractivity contribution is -0.139. The number of rotatable bonds is 5. The molecule has 7 nitrogen and oxygen atoms in total. The Hall–Kier alpha value is -2.96. The molecule has 0 N–H and O–H groups in total. The van der Waals surface area contributed by atoms with Gasteiger partial charge in [-0.15, -0.1) is 0 Å². The summed E-state index contributed by atoms with van der Waals surface area (Å²) in [7, 11) is 1.61. The van der Waals surface area contributed by atoms with Crippen LogP contribution in [0.2, 0.25) is 0 Å². The van der Waals surface area contributed by atoms with Crippen molar-refractivity contribution in [2.75, 3.05) is 13.7 Å². The smallest absolute Gasteiger partial charge is 0.233 e. The summed E-state index contributed by atoms with van der Waals surface area (Å²) in [5.41, 5.74) is 0.811. The van der Waals surface area contributed by atoms with Gasteiger partial charge in [-0.3, -0.25) is 14.5 Å². The second-order valence-electron chi connectivity index (χ2n) is 6.47. The molecule has 2 aliphatic rings. The predicted octanol–water partition coefficient (Wildman–Crippen LogP) is 2.24. The standard InChI is InChI=1S/C19H19N3O4/c1-25-13-8-6-12(7-9-13)17-20-16(26-21-17)10-11-22-18(23)14-4-2-3-5-15(14)19(22)24/h2-3,6-9,14-15H,4-5,10-11H2,1H3/t14-,15+. The summed E-state index contributed by atoms with van der Waals surface area (Å²) < 4.78 is 10.4. The Morgan fingerprint density at radius 2 is 1.77 bits per heavy atom. The van der Waals surface area contributed by atoms with Crippen molar-refractivity contribution in [3.05, 3.63) is 42.3 Å². The average Bonchev–Trinajstić information content (AvgIpc) is 3.25. The minimum absolute atomic E-state index is 0.0840. The molecule has 26 heavy (non-hydrogen) atoms. The van der Waals surface area contributed by atoms with Crippen LogP contribution in [0.4, 0.5) is 0 Å². The van der Waals surface area contributed by atoms with Crippen molar-refractivity contribution in [2.45, 2.75) is 19.3 Å². The fraction of sp³-hybridized carbons (Fsp3) is 0.368. The van der Waals surface area contributed by atoms with E-state index in [1.54, 1.807) is 7.11 Å². The molecule has 0 bridgehead atoms. The minimum Gasteiger partial charge on any atom is -0.497 e. The van der Waals surface area contributed by atoms with Crippen LogP contribution in [-0.4, -0.2) is 40.5 Å². The van der Waals surface area contributed by atoms with Gasteiger partial charge in [0.2, 0.25) is 23.5 Å². The lowest BCUT2D eigenvalue weighted by Gasteiger charge is -2.14. The van der Waals surface area contributed by atoms with Gasteiger partial charge >= 0.3 is 0 Å². The number of amides is 2. The zero-order valence-corrected chi connectivity index (χ0v) is 14.4. The van der Waals surface area contributed by atoms with Crippen molar-refractivity contribution in [3.8, 4) is 17.1 Å². The van der Waals surface area contributed by atoms with E-state index in [1.165, 1.54) is 4.90 Å². The second kappa shape index (κ2) is 6.74. The topological polar surface area (TPSA) is 85.5 Å². The van der Waals surface area contributed by atoms with Gasteiger partial charge in [-0.05, 0) is 37.1 Å². The lowest BCUT2D eigenvalue weighted by Crippen LogP contribution is -2.33. The van der Waals surface area contributed by atoms with Crippen molar-refractivity contribution in [1.82, 2.24) is 15.0 Å². The number of likely N-dealkylation sites (tertiary alicyclic amines) is 1. The first-order valence-corrected chi connectivity index (χ1v) is 8.64. The van der Waals surface area contributed by atoms with Crippen LogP contribution in [-0.2, 0) is 16.0 Å². The maximum absolute atomic E-state index is 12.5. The Kier molecular flexibility index (Phi) is 4.28. The molecule has 0 spiro atoms. The number of hydrogen-bond acceptors (Lipinski definition) is 6. The number of imide groups is 1. The third-order valence-electron chi connectivity index (χ3n) is 4.96. The molecule has 2 amide bonds. The van der Waals surface area contributed by atoms with E-state index in [4.69, 9.17) is 9.26 Å². The summed E-state index contributed by atoms with van der Waals surface area (Å²) in [5, 5.41) is 3.97. The molecular weight excluding hydrogens is 334 g/mol. The van der Waals surface area contributed by atoms with E-state index < -0.39 is 0 Å². The van der Waals surface area contributed by atoms with E-state index in [0.717, 1.165) is 11.3 Å². The average molecular weight is 353 g/mol. The van der Waals surface area contributed by atoms with Gasteiger partial charge < -0.3 is 9.26 Å². The monoisotopic (exact) mass is 353 g/mol. The maximum atomic E-state index is 12.5. The molecule has 0 radical (unpaired) electrons. The Bertz CT molecular complexity index is 830. The van der Waals surface area contributed by atoms with Crippen molar-refractivity contribution < 1.29 is 18.8 Å². The fourth-order valence-corrected chi connectivity index (χ4v) is 3.51. The molecule has 2 heterocycles. The van der Waals surface area contributed by atoms with Crippen LogP contribution in [0.3, 0.4) is 0 Å². The number of allylic oxidation sites excluding steroid dienone is 2. The van der Waals surface area contributed by atoms with Crippen LogP contribution in [0.5, 0.6) is 5.75 Å². The highest BCUT2D eigenvalue weighted by Crippen LogP contribution is 2.35. The maximum Gasteiger partial charge on any atom is 0.233 e. The van der Waals surface area contributed by atoms with Gasteiger partial charge in [0, 0.05) is 18.5 Å². The highest BCUT2D eigenvalue weighted by atomic mass is 16.5. The molecule has 2 aromatic rings. The highest BCUT2D eigenvalue weighted by molar-refractivity contribution is 6.05. The first-order chi connectivity index (χ1) is 12.7. The summed E-state index contributed by atoms with van der Waals surface area (Å²) in [4.78, 5) is 30.6. The number of methoxy groups -OCH3 is 1. The summed E-state index contributed by atoms with van der Waals surface area (Å²) in [6.07, 6.45) is 5.61. The summed E-state index contributed by atoms with van der Waals surface area (Å²) >= 11 is 0. The van der Waals surface area contributed by atoms with Crippen molar-refractivity contribution in [2.24, 2.45) is 11.8 Å². The van der Waals surface area contributed by atoms with E-state index in [9.17, 15) is 9.59 Å². The van der Waals surface area contributed by atoms with Crippen LogP contribution in [0, 0.1) is 11.8 Å². The molecule has 134 valence electrons. The third kappa shape index (κ3) is 2.89. The number of aromatic nitrogens is 2. The van der Waals surface area contributed by atoms with Gasteiger partial charge in [0.05, 0.1) is 18.9 Å². The van der Waals surface area contributed by atoms with E-state index in [0.29, 0.717) is 31.0 Å². The van der Waals surface area contributed by atoms with Gasteiger partial charge in [0.1, 0.15) is 5.75 Å². The quantitative estimate of drug-likeness (QED) is 0.605. The first-order valence-electron chi connectivity index (χ1n) is 8.64. The van der Waals surface area contributed by atoms with Crippen molar-refractivity contribution in [1.29, 1.82) is 0 Å². The normalized spacial score (nSPS) is 22.0. The molecule has 4 rings (SSSR count). The molecule has 1 aliphatic carbocycles. The first kappa shape index (κ1) is 16.5. The molecule has 0 saturated carbocycles. The summed E-state index contributed by atoms with van der Waals surface area (Å²) in [6, 6.07) is 7.34. The van der Waals surface area contributed by atoms with Crippen LogP contribution < -0.4 is 4.74 Å². The van der Waals surface area contributed by atoms with Gasteiger partial charge in [-0.2, -0.15) is 4.98 Å². The lowest BCUT2D eigenvalue weighted by atomic mass is 9.85. The molecule has 1 aromatic heterocycles. The molecule has 2 atom stereocenters. The number of hydrogen-bond donors (Lipinski definition) is 0. The highest BCUT2D eigenvalue weighted by Gasteiger charge is 2.46. The van der Waals surface area contributed by atoms with Gasteiger partial charge in [0.15, 0.2) is 0 Å². The van der Waals surface area contributed by atoms with Crippen molar-refractivity contribution in [3.63, 3.8) is 0 Å². The molecule has 1 saturated heterocycles. The Labute approximate surface area is 150 Å². The largest absolute Gasteiger partial charge is 0.497 e. The number of fused-ring (bicyclic) bond motifs is 1. The molecule has 0 unspecified atom stereocenters. The molecule has 1 fully saturated rings. The summed E-state index contributed by atoms with van der Waals surface area (Å²) in [5.74, 6) is 1.05. The zero-order valence-electron chi connectivity index (χ0n) is 14.4. The Balaban J connectivity index is 1.42. The van der Waals surface area contributed by atoms with Gasteiger partial charge in [0.25, 0.3) is 0 Å². The third-order valence-corrected chi connectivity index (χ3v) is 4.96. The Morgan fingerprint density at radius 3 is 2.38 bits per heavy atom. The summed E-state index contributed by atoms with van der Waals surface area (Å²) in [6.45, 7) is 0.273. The second-order valence-corrected chi connectivity index (χ2v) is 6.47. The van der Waals surface area contributed by atoms with E-state index in [2.05, 4.69) is 10.1 Å².